The van der Waals surface area contributed by atoms with Gasteiger partial charge in [0.05, 0.1) is 24.8 Å². The van der Waals surface area contributed by atoms with Gasteiger partial charge in [-0.1, -0.05) is 0 Å². The van der Waals surface area contributed by atoms with Crippen LogP contribution in [-0.4, -0.2) is 31.6 Å². The third-order valence-electron chi connectivity index (χ3n) is 3.93. The van der Waals surface area contributed by atoms with Gasteiger partial charge in [0.1, 0.15) is 5.75 Å². The van der Waals surface area contributed by atoms with E-state index in [1.165, 1.54) is 4.90 Å². The molecule has 106 valence electrons. The van der Waals surface area contributed by atoms with E-state index in [-0.39, 0.29) is 30.3 Å². The molecular weight excluding hydrogens is 258 g/mol. The molecule has 2 atom stereocenters. The lowest BCUT2D eigenvalue weighted by Gasteiger charge is -2.18. The zero-order valence-electron chi connectivity index (χ0n) is 11.4. The molecule has 0 spiro atoms. The molecule has 0 aliphatic carbocycles. The van der Waals surface area contributed by atoms with E-state index in [2.05, 4.69) is 0 Å². The number of carbonyl (C=O) groups is 2. The fourth-order valence-corrected chi connectivity index (χ4v) is 2.87. The molecule has 0 aromatic heterocycles. The van der Waals surface area contributed by atoms with E-state index in [1.807, 2.05) is 0 Å². The number of hydrogen-bond acceptors (Lipinski definition) is 4. The molecule has 0 saturated carbocycles. The molecule has 0 N–H and O–H groups in total. The summed E-state index contributed by atoms with van der Waals surface area (Å²) in [4.78, 5) is 25.8. The van der Waals surface area contributed by atoms with E-state index < -0.39 is 0 Å². The highest BCUT2D eigenvalue weighted by atomic mass is 16.5. The molecule has 2 heterocycles. The fraction of sp³-hybridized carbons (Fsp3) is 0.467. The fourth-order valence-electron chi connectivity index (χ4n) is 2.87. The van der Waals surface area contributed by atoms with E-state index in [9.17, 15) is 9.59 Å². The van der Waals surface area contributed by atoms with Gasteiger partial charge in [0.25, 0.3) is 0 Å². The summed E-state index contributed by atoms with van der Waals surface area (Å²) in [6.45, 7) is 0.686. The first-order chi connectivity index (χ1) is 9.70. The number of ether oxygens (including phenoxy) is 2. The van der Waals surface area contributed by atoms with Crippen LogP contribution in [0.4, 0.5) is 5.69 Å². The Balaban J connectivity index is 1.82. The zero-order chi connectivity index (χ0) is 14.1. The topological polar surface area (TPSA) is 55.8 Å². The molecule has 0 bridgehead atoms. The minimum atomic E-state index is -0.327. The van der Waals surface area contributed by atoms with E-state index in [4.69, 9.17) is 9.47 Å². The van der Waals surface area contributed by atoms with Gasteiger partial charge in [0.15, 0.2) is 0 Å². The van der Waals surface area contributed by atoms with Crippen molar-refractivity contribution in [2.24, 2.45) is 5.92 Å². The summed E-state index contributed by atoms with van der Waals surface area (Å²) in [6.07, 6.45) is 1.97. The number of hydrogen-bond donors (Lipinski definition) is 0. The van der Waals surface area contributed by atoms with E-state index in [0.717, 1.165) is 12.8 Å². The van der Waals surface area contributed by atoms with Gasteiger partial charge in [-0.2, -0.15) is 0 Å². The van der Waals surface area contributed by atoms with Crippen LogP contribution >= 0.6 is 0 Å². The molecule has 0 unspecified atom stereocenters. The summed E-state index contributed by atoms with van der Waals surface area (Å²) < 4.78 is 10.6. The van der Waals surface area contributed by atoms with Crippen molar-refractivity contribution in [3.8, 4) is 5.75 Å². The van der Waals surface area contributed by atoms with Crippen molar-refractivity contribution >= 4 is 17.5 Å². The van der Waals surface area contributed by atoms with Gasteiger partial charge in [-0.05, 0) is 37.1 Å². The number of nitrogens with zero attached hydrogens (tertiary/aromatic N) is 1. The van der Waals surface area contributed by atoms with Crippen molar-refractivity contribution in [2.45, 2.75) is 25.4 Å². The second-order valence-corrected chi connectivity index (χ2v) is 5.13. The number of amides is 2. The quantitative estimate of drug-likeness (QED) is 0.789. The second-order valence-electron chi connectivity index (χ2n) is 5.13. The molecular formula is C15H17NO4. The lowest BCUT2D eigenvalue weighted by atomic mass is 9.98. The maximum Gasteiger partial charge on any atom is 0.240 e. The normalized spacial score (nSPS) is 26.4. The van der Waals surface area contributed by atoms with Gasteiger partial charge < -0.3 is 9.47 Å². The Morgan fingerprint density at radius 2 is 2.00 bits per heavy atom. The van der Waals surface area contributed by atoms with Crippen LogP contribution in [0.3, 0.4) is 0 Å². The molecule has 1 aromatic rings. The molecule has 5 heteroatoms. The highest BCUT2D eigenvalue weighted by Crippen LogP contribution is 2.33. The van der Waals surface area contributed by atoms with Crippen LogP contribution in [0.2, 0.25) is 0 Å². The average Bonchev–Trinajstić information content (AvgIpc) is 3.07. The van der Waals surface area contributed by atoms with E-state index >= 15 is 0 Å². The van der Waals surface area contributed by atoms with Gasteiger partial charge >= 0.3 is 0 Å². The Kier molecular flexibility index (Phi) is 3.44. The van der Waals surface area contributed by atoms with Crippen molar-refractivity contribution in [3.63, 3.8) is 0 Å². The standard InChI is InChI=1S/C15H17NO4/c1-19-11-6-4-10(5-7-11)16-14(17)9-12(15(16)18)13-3-2-8-20-13/h4-7,12-13H,2-3,8-9H2,1H3/t12-,13-/m0/s1. The monoisotopic (exact) mass is 275 g/mol. The number of rotatable bonds is 3. The molecule has 5 nitrogen and oxygen atoms in total. The summed E-state index contributed by atoms with van der Waals surface area (Å²) in [6, 6.07) is 6.95. The van der Waals surface area contributed by atoms with E-state index in [0.29, 0.717) is 18.0 Å². The summed E-state index contributed by atoms with van der Waals surface area (Å²) >= 11 is 0. The van der Waals surface area contributed by atoms with Crippen LogP contribution in [0, 0.1) is 5.92 Å². The third-order valence-corrected chi connectivity index (χ3v) is 3.93. The number of benzene rings is 1. The first kappa shape index (κ1) is 13.1. The highest BCUT2D eigenvalue weighted by Gasteiger charge is 2.44. The predicted octanol–water partition coefficient (Wildman–Crippen LogP) is 1.75. The predicted molar refractivity (Wildman–Crippen MR) is 72.6 cm³/mol. The molecule has 2 amide bonds. The van der Waals surface area contributed by atoms with Crippen molar-refractivity contribution in [3.05, 3.63) is 24.3 Å². The van der Waals surface area contributed by atoms with Gasteiger partial charge in [-0.3, -0.25) is 14.5 Å². The Morgan fingerprint density at radius 3 is 2.60 bits per heavy atom. The van der Waals surface area contributed by atoms with Crippen LogP contribution in [-0.2, 0) is 14.3 Å². The molecule has 1 aromatic carbocycles. The van der Waals surface area contributed by atoms with Crippen LogP contribution in [0.1, 0.15) is 19.3 Å². The maximum absolute atomic E-state index is 12.5. The van der Waals surface area contributed by atoms with Crippen molar-refractivity contribution in [1.29, 1.82) is 0 Å². The average molecular weight is 275 g/mol. The lowest BCUT2D eigenvalue weighted by molar-refractivity contribution is -0.124. The van der Waals surface area contributed by atoms with Crippen LogP contribution < -0.4 is 9.64 Å². The number of carbonyl (C=O) groups excluding carboxylic acids is 2. The second kappa shape index (κ2) is 5.25. The Labute approximate surface area is 117 Å². The van der Waals surface area contributed by atoms with E-state index in [1.54, 1.807) is 31.4 Å². The smallest absolute Gasteiger partial charge is 0.240 e. The Bertz CT molecular complexity index is 519. The minimum absolute atomic E-state index is 0.102. The summed E-state index contributed by atoms with van der Waals surface area (Å²) in [5, 5.41) is 0. The maximum atomic E-state index is 12.5. The first-order valence-electron chi connectivity index (χ1n) is 6.83. The van der Waals surface area contributed by atoms with Gasteiger partial charge in [-0.15, -0.1) is 0 Å². The highest BCUT2D eigenvalue weighted by molar-refractivity contribution is 6.21. The number of anilines is 1. The van der Waals surface area contributed by atoms with Crippen LogP contribution in [0.15, 0.2) is 24.3 Å². The molecule has 2 fully saturated rings. The molecule has 2 aliphatic heterocycles. The largest absolute Gasteiger partial charge is 0.497 e. The Morgan fingerprint density at radius 1 is 1.25 bits per heavy atom. The van der Waals surface area contributed by atoms with Gasteiger partial charge in [0, 0.05) is 13.0 Å². The minimum Gasteiger partial charge on any atom is -0.497 e. The van der Waals surface area contributed by atoms with Crippen molar-refractivity contribution in [1.82, 2.24) is 0 Å². The third kappa shape index (κ3) is 2.18. The number of methoxy groups -OCH3 is 1. The van der Waals surface area contributed by atoms with Gasteiger partial charge in [0.2, 0.25) is 11.8 Å². The SMILES string of the molecule is COc1ccc(N2C(=O)C[C@@H]([C@@H]3CCCO3)C2=O)cc1. The van der Waals surface area contributed by atoms with Crippen molar-refractivity contribution < 1.29 is 19.1 Å². The molecule has 20 heavy (non-hydrogen) atoms. The van der Waals surface area contributed by atoms with Gasteiger partial charge in [-0.25, -0.2) is 0 Å². The lowest BCUT2D eigenvalue weighted by Crippen LogP contribution is -2.33. The Hall–Kier alpha value is -1.88. The molecule has 0 radical (unpaired) electrons. The molecule has 2 saturated heterocycles. The summed E-state index contributed by atoms with van der Waals surface area (Å²) in [5.41, 5.74) is 0.598. The molecule has 3 rings (SSSR count). The molecule has 2 aliphatic rings. The van der Waals surface area contributed by atoms with Crippen LogP contribution in [0.5, 0.6) is 5.75 Å². The first-order valence-corrected chi connectivity index (χ1v) is 6.83. The van der Waals surface area contributed by atoms with Crippen LogP contribution in [0.25, 0.3) is 0 Å². The summed E-state index contributed by atoms with van der Waals surface area (Å²) in [5.74, 6) is 0.0726. The zero-order valence-corrected chi connectivity index (χ0v) is 11.4. The number of imide groups is 1. The van der Waals surface area contributed by atoms with Crippen molar-refractivity contribution in [2.75, 3.05) is 18.6 Å². The summed E-state index contributed by atoms with van der Waals surface area (Å²) in [7, 11) is 1.58.